The van der Waals surface area contributed by atoms with Crippen molar-refractivity contribution in [2.24, 2.45) is 11.8 Å². The van der Waals surface area contributed by atoms with Crippen LogP contribution in [0.15, 0.2) is 24.3 Å². The highest BCUT2D eigenvalue weighted by Gasteiger charge is 2.23. The van der Waals surface area contributed by atoms with Gasteiger partial charge in [-0.15, -0.1) is 12.4 Å². The molecule has 2 fully saturated rings. The van der Waals surface area contributed by atoms with Gasteiger partial charge in [-0.1, -0.05) is 23.7 Å². The van der Waals surface area contributed by atoms with E-state index >= 15 is 0 Å². The largest absolute Gasteiger partial charge is 0.492 e. The number of benzene rings is 1. The molecule has 3 rings (SSSR count). The fraction of sp³-hybridized carbons (Fsp3) is 0.667. The summed E-state index contributed by atoms with van der Waals surface area (Å²) < 4.78 is 5.95. The summed E-state index contributed by atoms with van der Waals surface area (Å²) in [7, 11) is 0. The second kappa shape index (κ2) is 9.73. The molecule has 1 atom stereocenters. The maximum atomic E-state index is 6.16. The lowest BCUT2D eigenvalue weighted by Crippen LogP contribution is -2.42. The van der Waals surface area contributed by atoms with Crippen LogP contribution in [0.2, 0.25) is 5.02 Å². The number of hydrogen-bond acceptors (Lipinski definition) is 3. The molecule has 0 bridgehead atoms. The van der Waals surface area contributed by atoms with Crippen LogP contribution in [0.25, 0.3) is 0 Å². The maximum Gasteiger partial charge on any atom is 0.137 e. The van der Waals surface area contributed by atoms with Crippen molar-refractivity contribution in [3.05, 3.63) is 29.3 Å². The predicted octanol–water partition coefficient (Wildman–Crippen LogP) is 3.85. The van der Waals surface area contributed by atoms with E-state index in [9.17, 15) is 0 Å². The quantitative estimate of drug-likeness (QED) is 0.864. The monoisotopic (exact) mass is 358 g/mol. The minimum Gasteiger partial charge on any atom is -0.492 e. The van der Waals surface area contributed by atoms with Crippen molar-refractivity contribution in [3.63, 3.8) is 0 Å². The number of para-hydroxylation sites is 1. The number of likely N-dealkylation sites (tertiary alicyclic amines) is 1. The van der Waals surface area contributed by atoms with Gasteiger partial charge in [0.15, 0.2) is 0 Å². The molecule has 3 nitrogen and oxygen atoms in total. The zero-order valence-corrected chi connectivity index (χ0v) is 15.2. The van der Waals surface area contributed by atoms with Crippen LogP contribution in [0.3, 0.4) is 0 Å². The van der Waals surface area contributed by atoms with Crippen molar-refractivity contribution >= 4 is 24.0 Å². The summed E-state index contributed by atoms with van der Waals surface area (Å²) >= 11 is 6.16. The third kappa shape index (κ3) is 5.82. The summed E-state index contributed by atoms with van der Waals surface area (Å²) in [4.78, 5) is 2.65. The van der Waals surface area contributed by atoms with E-state index in [1.807, 2.05) is 24.3 Å². The standard InChI is InChI=1S/C18H27ClN2O.ClH/c19-17-5-1-2-6-18(17)22-14-16-4-3-11-21(13-16)12-15-7-9-20-10-8-15;/h1-2,5-6,15-16,20H,3-4,7-14H2;1H. The summed E-state index contributed by atoms with van der Waals surface area (Å²) in [6.07, 6.45) is 5.23. The van der Waals surface area contributed by atoms with Gasteiger partial charge in [-0.2, -0.15) is 0 Å². The SMILES string of the molecule is Cl.Clc1ccccc1OCC1CCCN(CC2CCNCC2)C1. The van der Waals surface area contributed by atoms with Crippen molar-refractivity contribution in [1.82, 2.24) is 10.2 Å². The zero-order chi connectivity index (χ0) is 15.2. The van der Waals surface area contributed by atoms with Gasteiger partial charge in [0.2, 0.25) is 0 Å². The van der Waals surface area contributed by atoms with Crippen LogP contribution in [0.5, 0.6) is 5.75 Å². The number of ether oxygens (including phenoxy) is 1. The van der Waals surface area contributed by atoms with Crippen molar-refractivity contribution < 1.29 is 4.74 Å². The van der Waals surface area contributed by atoms with Gasteiger partial charge in [0.1, 0.15) is 5.75 Å². The average molecular weight is 359 g/mol. The van der Waals surface area contributed by atoms with E-state index in [-0.39, 0.29) is 12.4 Å². The molecule has 0 radical (unpaired) electrons. The first kappa shape index (κ1) is 18.9. The number of hydrogen-bond donors (Lipinski definition) is 1. The minimum absolute atomic E-state index is 0. The first-order chi connectivity index (χ1) is 10.8. The highest BCUT2D eigenvalue weighted by Crippen LogP contribution is 2.26. The van der Waals surface area contributed by atoms with Gasteiger partial charge in [-0.05, 0) is 63.4 Å². The van der Waals surface area contributed by atoms with Gasteiger partial charge in [-0.3, -0.25) is 0 Å². The minimum atomic E-state index is 0. The van der Waals surface area contributed by atoms with E-state index in [0.29, 0.717) is 10.9 Å². The van der Waals surface area contributed by atoms with E-state index < -0.39 is 0 Å². The Bertz CT molecular complexity index is 466. The van der Waals surface area contributed by atoms with Crippen LogP contribution in [-0.2, 0) is 0 Å². The van der Waals surface area contributed by atoms with Crippen LogP contribution >= 0.6 is 24.0 Å². The lowest BCUT2D eigenvalue weighted by atomic mass is 9.94. The zero-order valence-electron chi connectivity index (χ0n) is 13.7. The van der Waals surface area contributed by atoms with Gasteiger partial charge in [-0.25, -0.2) is 0 Å². The molecule has 23 heavy (non-hydrogen) atoms. The molecular weight excluding hydrogens is 331 g/mol. The second-order valence-electron chi connectivity index (χ2n) is 6.70. The Morgan fingerprint density at radius 3 is 2.70 bits per heavy atom. The van der Waals surface area contributed by atoms with Gasteiger partial charge in [0.05, 0.1) is 11.6 Å². The van der Waals surface area contributed by atoms with Crippen molar-refractivity contribution in [2.45, 2.75) is 25.7 Å². The molecule has 0 aliphatic carbocycles. The third-order valence-electron chi connectivity index (χ3n) is 4.89. The Labute approximate surface area is 151 Å². The van der Waals surface area contributed by atoms with E-state index in [4.69, 9.17) is 16.3 Å². The molecule has 1 aromatic rings. The number of halogens is 2. The molecule has 2 aliphatic heterocycles. The molecule has 2 heterocycles. The van der Waals surface area contributed by atoms with Gasteiger partial charge < -0.3 is 15.0 Å². The third-order valence-corrected chi connectivity index (χ3v) is 5.20. The molecule has 130 valence electrons. The molecule has 0 amide bonds. The van der Waals surface area contributed by atoms with Crippen LogP contribution in [-0.4, -0.2) is 44.2 Å². The van der Waals surface area contributed by atoms with Crippen LogP contribution in [0, 0.1) is 11.8 Å². The van der Waals surface area contributed by atoms with Gasteiger partial charge >= 0.3 is 0 Å². The molecule has 5 heteroatoms. The first-order valence-corrected chi connectivity index (χ1v) is 8.99. The van der Waals surface area contributed by atoms with E-state index in [0.717, 1.165) is 18.3 Å². The number of piperidine rings is 2. The fourth-order valence-corrected chi connectivity index (χ4v) is 3.84. The fourth-order valence-electron chi connectivity index (χ4n) is 3.65. The molecule has 0 spiro atoms. The highest BCUT2D eigenvalue weighted by molar-refractivity contribution is 6.32. The lowest BCUT2D eigenvalue weighted by molar-refractivity contribution is 0.110. The lowest BCUT2D eigenvalue weighted by Gasteiger charge is -2.36. The second-order valence-corrected chi connectivity index (χ2v) is 7.11. The Kier molecular flexibility index (Phi) is 7.97. The Morgan fingerprint density at radius 1 is 1.13 bits per heavy atom. The van der Waals surface area contributed by atoms with E-state index in [1.165, 1.54) is 58.4 Å². The number of rotatable bonds is 5. The molecule has 0 saturated carbocycles. The van der Waals surface area contributed by atoms with Crippen molar-refractivity contribution in [2.75, 3.05) is 39.3 Å². The summed E-state index contributed by atoms with van der Waals surface area (Å²) in [5.74, 6) is 2.33. The van der Waals surface area contributed by atoms with Crippen molar-refractivity contribution in [3.8, 4) is 5.75 Å². The summed E-state index contributed by atoms with van der Waals surface area (Å²) in [5, 5.41) is 4.17. The van der Waals surface area contributed by atoms with Gasteiger partial charge in [0, 0.05) is 19.0 Å². The summed E-state index contributed by atoms with van der Waals surface area (Å²) in [6, 6.07) is 7.77. The summed E-state index contributed by atoms with van der Waals surface area (Å²) in [5.41, 5.74) is 0. The topological polar surface area (TPSA) is 24.5 Å². The smallest absolute Gasteiger partial charge is 0.137 e. The Balaban J connectivity index is 0.00000192. The Morgan fingerprint density at radius 2 is 1.91 bits per heavy atom. The normalized spacial score (nSPS) is 23.3. The summed E-state index contributed by atoms with van der Waals surface area (Å²) in [6.45, 7) is 6.87. The number of nitrogens with one attached hydrogen (secondary N) is 1. The maximum absolute atomic E-state index is 6.16. The van der Waals surface area contributed by atoms with Crippen LogP contribution in [0.4, 0.5) is 0 Å². The molecule has 2 aliphatic rings. The molecule has 1 unspecified atom stereocenters. The molecular formula is C18H28Cl2N2O. The molecule has 0 aromatic heterocycles. The van der Waals surface area contributed by atoms with Crippen LogP contribution < -0.4 is 10.1 Å². The van der Waals surface area contributed by atoms with Crippen molar-refractivity contribution in [1.29, 1.82) is 0 Å². The predicted molar refractivity (Wildman–Crippen MR) is 99.0 cm³/mol. The van der Waals surface area contributed by atoms with Crippen LogP contribution in [0.1, 0.15) is 25.7 Å². The molecule has 1 N–H and O–H groups in total. The highest BCUT2D eigenvalue weighted by atomic mass is 35.5. The molecule has 2 saturated heterocycles. The number of nitrogens with zero attached hydrogens (tertiary/aromatic N) is 1. The van der Waals surface area contributed by atoms with E-state index in [1.54, 1.807) is 0 Å². The average Bonchev–Trinajstić information content (AvgIpc) is 2.55. The van der Waals surface area contributed by atoms with Gasteiger partial charge in [0.25, 0.3) is 0 Å². The molecule has 1 aromatic carbocycles. The van der Waals surface area contributed by atoms with E-state index in [2.05, 4.69) is 10.2 Å². The Hall–Kier alpha value is -0.480. The first-order valence-electron chi connectivity index (χ1n) is 8.61.